The van der Waals surface area contributed by atoms with E-state index >= 15 is 0 Å². The highest BCUT2D eigenvalue weighted by Crippen LogP contribution is 2.23. The van der Waals surface area contributed by atoms with Gasteiger partial charge in [-0.3, -0.25) is 4.79 Å². The van der Waals surface area contributed by atoms with Crippen LogP contribution in [0.5, 0.6) is 0 Å². The monoisotopic (exact) mass is 323 g/mol. The SMILES string of the molecule is Nc1cccc(CCC(=O)Cc2sccc2Br)c1. The number of nitrogens with two attached hydrogens (primary N) is 1. The van der Waals surface area contributed by atoms with Crippen molar-refractivity contribution in [3.63, 3.8) is 0 Å². The Morgan fingerprint density at radius 3 is 2.83 bits per heavy atom. The van der Waals surface area contributed by atoms with E-state index in [4.69, 9.17) is 5.73 Å². The van der Waals surface area contributed by atoms with Crippen LogP contribution in [0.2, 0.25) is 0 Å². The summed E-state index contributed by atoms with van der Waals surface area (Å²) in [5, 5.41) is 1.99. The van der Waals surface area contributed by atoms with E-state index in [0.29, 0.717) is 12.8 Å². The minimum absolute atomic E-state index is 0.264. The van der Waals surface area contributed by atoms with Crippen molar-refractivity contribution in [3.05, 3.63) is 50.6 Å². The maximum absolute atomic E-state index is 11.9. The number of anilines is 1. The lowest BCUT2D eigenvalue weighted by Crippen LogP contribution is -2.03. The number of aryl methyl sites for hydroxylation is 1. The first kappa shape index (κ1) is 13.3. The van der Waals surface area contributed by atoms with Crippen molar-refractivity contribution >= 4 is 38.7 Å². The molecule has 0 spiro atoms. The molecule has 0 unspecified atom stereocenters. The Morgan fingerprint density at radius 2 is 2.17 bits per heavy atom. The van der Waals surface area contributed by atoms with Crippen LogP contribution in [-0.2, 0) is 17.6 Å². The topological polar surface area (TPSA) is 43.1 Å². The molecule has 18 heavy (non-hydrogen) atoms. The van der Waals surface area contributed by atoms with Gasteiger partial charge in [-0.2, -0.15) is 0 Å². The number of halogens is 1. The van der Waals surface area contributed by atoms with Crippen molar-refractivity contribution in [2.24, 2.45) is 0 Å². The first-order chi connectivity index (χ1) is 8.65. The number of thiophene rings is 1. The molecule has 0 radical (unpaired) electrons. The molecule has 0 fully saturated rings. The molecule has 1 heterocycles. The van der Waals surface area contributed by atoms with Gasteiger partial charge in [0, 0.05) is 27.9 Å². The number of hydrogen-bond donors (Lipinski definition) is 1. The fourth-order valence-electron chi connectivity index (χ4n) is 1.75. The van der Waals surface area contributed by atoms with Gasteiger partial charge in [0.15, 0.2) is 0 Å². The number of hydrogen-bond acceptors (Lipinski definition) is 3. The summed E-state index contributed by atoms with van der Waals surface area (Å²) in [6.45, 7) is 0. The Morgan fingerprint density at radius 1 is 1.33 bits per heavy atom. The van der Waals surface area contributed by atoms with Gasteiger partial charge < -0.3 is 5.73 Å². The molecule has 2 rings (SSSR count). The predicted molar refractivity (Wildman–Crippen MR) is 79.9 cm³/mol. The molecule has 0 saturated heterocycles. The third-order valence-electron chi connectivity index (χ3n) is 2.69. The first-order valence-electron chi connectivity index (χ1n) is 5.73. The largest absolute Gasteiger partial charge is 0.399 e. The van der Waals surface area contributed by atoms with E-state index in [1.165, 1.54) is 0 Å². The second kappa shape index (κ2) is 6.16. The average molecular weight is 324 g/mol. The van der Waals surface area contributed by atoms with Crippen LogP contribution < -0.4 is 5.73 Å². The fourth-order valence-corrected chi connectivity index (χ4v) is 3.27. The minimum Gasteiger partial charge on any atom is -0.399 e. The summed E-state index contributed by atoms with van der Waals surface area (Å²) in [6.07, 6.45) is 1.83. The van der Waals surface area contributed by atoms with Crippen LogP contribution in [0.15, 0.2) is 40.2 Å². The molecule has 0 aliphatic heterocycles. The number of carbonyl (C=O) groups excluding carboxylic acids is 1. The summed E-state index contributed by atoms with van der Waals surface area (Å²) >= 11 is 5.06. The third-order valence-corrected chi connectivity index (χ3v) is 4.62. The molecule has 2 aromatic rings. The Labute approximate surface area is 119 Å². The molecular weight excluding hydrogens is 310 g/mol. The molecule has 4 heteroatoms. The summed E-state index contributed by atoms with van der Waals surface area (Å²) in [4.78, 5) is 13.0. The molecule has 0 aliphatic carbocycles. The summed E-state index contributed by atoms with van der Waals surface area (Å²) in [6, 6.07) is 9.68. The van der Waals surface area contributed by atoms with Gasteiger partial charge in [-0.15, -0.1) is 11.3 Å². The normalized spacial score (nSPS) is 10.5. The third kappa shape index (κ3) is 3.68. The van der Waals surface area contributed by atoms with E-state index < -0.39 is 0 Å². The lowest BCUT2D eigenvalue weighted by atomic mass is 10.1. The number of rotatable bonds is 5. The summed E-state index contributed by atoms with van der Waals surface area (Å²) in [5.41, 5.74) is 7.58. The van der Waals surface area contributed by atoms with Crippen LogP contribution in [0.4, 0.5) is 5.69 Å². The highest BCUT2D eigenvalue weighted by molar-refractivity contribution is 9.10. The van der Waals surface area contributed by atoms with Gasteiger partial charge in [-0.1, -0.05) is 12.1 Å². The van der Waals surface area contributed by atoms with Crippen LogP contribution >= 0.6 is 27.3 Å². The zero-order valence-electron chi connectivity index (χ0n) is 9.86. The molecule has 2 nitrogen and oxygen atoms in total. The molecule has 0 amide bonds. The lowest BCUT2D eigenvalue weighted by molar-refractivity contribution is -0.118. The van der Waals surface area contributed by atoms with Crippen LogP contribution in [-0.4, -0.2) is 5.78 Å². The molecule has 94 valence electrons. The van der Waals surface area contributed by atoms with Gasteiger partial charge in [0.1, 0.15) is 5.78 Å². The molecule has 0 saturated carbocycles. The average Bonchev–Trinajstić information content (AvgIpc) is 2.73. The zero-order chi connectivity index (χ0) is 13.0. The minimum atomic E-state index is 0.264. The van der Waals surface area contributed by atoms with Crippen molar-refractivity contribution in [2.45, 2.75) is 19.3 Å². The molecule has 1 aromatic heterocycles. The van der Waals surface area contributed by atoms with Crippen LogP contribution in [0.3, 0.4) is 0 Å². The van der Waals surface area contributed by atoms with E-state index in [9.17, 15) is 4.79 Å². The molecule has 0 aliphatic rings. The van der Waals surface area contributed by atoms with Gasteiger partial charge in [0.05, 0.1) is 0 Å². The Bertz CT molecular complexity index is 550. The van der Waals surface area contributed by atoms with Crippen LogP contribution in [0.25, 0.3) is 0 Å². The molecule has 2 N–H and O–H groups in total. The maximum Gasteiger partial charge on any atom is 0.138 e. The van der Waals surface area contributed by atoms with Gasteiger partial charge in [-0.05, 0) is 51.5 Å². The van der Waals surface area contributed by atoms with E-state index in [2.05, 4.69) is 15.9 Å². The molecule has 1 aromatic carbocycles. The highest BCUT2D eigenvalue weighted by Gasteiger charge is 2.08. The van der Waals surface area contributed by atoms with E-state index in [1.54, 1.807) is 11.3 Å². The van der Waals surface area contributed by atoms with Gasteiger partial charge in [0.25, 0.3) is 0 Å². The zero-order valence-corrected chi connectivity index (χ0v) is 12.3. The Balaban J connectivity index is 1.87. The second-order valence-electron chi connectivity index (χ2n) is 4.15. The molecule has 0 bridgehead atoms. The Hall–Kier alpha value is -1.13. The van der Waals surface area contributed by atoms with Crippen molar-refractivity contribution in [1.29, 1.82) is 0 Å². The number of nitrogen functional groups attached to an aromatic ring is 1. The van der Waals surface area contributed by atoms with Gasteiger partial charge in [0.2, 0.25) is 0 Å². The summed E-state index contributed by atoms with van der Waals surface area (Å²) < 4.78 is 1.03. The van der Waals surface area contributed by atoms with Crippen LogP contribution in [0, 0.1) is 0 Å². The van der Waals surface area contributed by atoms with Crippen molar-refractivity contribution in [3.8, 4) is 0 Å². The van der Waals surface area contributed by atoms with Gasteiger partial charge in [-0.25, -0.2) is 0 Å². The predicted octanol–water partition coefficient (Wildman–Crippen LogP) is 3.84. The smallest absolute Gasteiger partial charge is 0.138 e. The standard InChI is InChI=1S/C14H14BrNOS/c15-13-6-7-18-14(13)9-12(17)5-4-10-2-1-3-11(16)8-10/h1-3,6-8H,4-5,9,16H2. The van der Waals surface area contributed by atoms with Crippen molar-refractivity contribution < 1.29 is 4.79 Å². The quantitative estimate of drug-likeness (QED) is 0.849. The maximum atomic E-state index is 11.9. The van der Waals surface area contributed by atoms with E-state index in [0.717, 1.165) is 27.0 Å². The van der Waals surface area contributed by atoms with Crippen LogP contribution in [0.1, 0.15) is 16.9 Å². The number of benzene rings is 1. The fraction of sp³-hybridized carbons (Fsp3) is 0.214. The molecule has 0 atom stereocenters. The highest BCUT2D eigenvalue weighted by atomic mass is 79.9. The van der Waals surface area contributed by atoms with Gasteiger partial charge >= 0.3 is 0 Å². The van der Waals surface area contributed by atoms with Crippen molar-refractivity contribution in [2.75, 3.05) is 5.73 Å². The lowest BCUT2D eigenvalue weighted by Gasteiger charge is -2.02. The molecular formula is C14H14BrNOS. The number of Topliss-reactive ketones (excluding diaryl/α,β-unsaturated/α-hetero) is 1. The Kier molecular flexibility index (Phi) is 4.55. The van der Waals surface area contributed by atoms with E-state index in [-0.39, 0.29) is 5.78 Å². The van der Waals surface area contributed by atoms with Crippen molar-refractivity contribution in [1.82, 2.24) is 0 Å². The first-order valence-corrected chi connectivity index (χ1v) is 7.40. The number of ketones is 1. The second-order valence-corrected chi connectivity index (χ2v) is 6.01. The summed E-state index contributed by atoms with van der Waals surface area (Å²) in [5.74, 6) is 0.264. The number of carbonyl (C=O) groups is 1. The summed E-state index contributed by atoms with van der Waals surface area (Å²) in [7, 11) is 0. The van der Waals surface area contributed by atoms with E-state index in [1.807, 2.05) is 35.7 Å².